The Bertz CT molecular complexity index is 427. The van der Waals surface area contributed by atoms with Gasteiger partial charge in [0.1, 0.15) is 5.75 Å². The number of hydrazine groups is 1. The van der Waals surface area contributed by atoms with Crippen LogP contribution < -0.4 is 16.0 Å². The molecule has 0 aliphatic heterocycles. The summed E-state index contributed by atoms with van der Waals surface area (Å²) in [7, 11) is 1.65. The molecular formula is C11H13N3OS. The van der Waals surface area contributed by atoms with E-state index in [-0.39, 0.29) is 6.04 Å². The van der Waals surface area contributed by atoms with E-state index in [1.54, 1.807) is 24.0 Å². The molecule has 1 atom stereocenters. The number of methoxy groups -OCH3 is 1. The van der Waals surface area contributed by atoms with Crippen LogP contribution in [0.25, 0.3) is 0 Å². The molecule has 0 radical (unpaired) electrons. The van der Waals surface area contributed by atoms with E-state index in [0.717, 1.165) is 17.0 Å². The van der Waals surface area contributed by atoms with Gasteiger partial charge in [-0.25, -0.2) is 10.4 Å². The van der Waals surface area contributed by atoms with E-state index in [9.17, 15) is 0 Å². The fraction of sp³-hybridized carbons (Fsp3) is 0.182. The van der Waals surface area contributed by atoms with E-state index in [0.29, 0.717) is 0 Å². The van der Waals surface area contributed by atoms with Crippen molar-refractivity contribution in [3.63, 3.8) is 0 Å². The maximum atomic E-state index is 5.55. The van der Waals surface area contributed by atoms with Gasteiger partial charge < -0.3 is 4.74 Å². The summed E-state index contributed by atoms with van der Waals surface area (Å²) in [6.45, 7) is 0. The highest BCUT2D eigenvalue weighted by molar-refractivity contribution is 7.07. The Morgan fingerprint density at radius 3 is 2.62 bits per heavy atom. The summed E-state index contributed by atoms with van der Waals surface area (Å²) in [5.74, 6) is 6.38. The number of thiazole rings is 1. The molecule has 1 aromatic carbocycles. The maximum Gasteiger partial charge on any atom is 0.118 e. The molecular weight excluding hydrogens is 222 g/mol. The molecule has 0 aliphatic carbocycles. The lowest BCUT2D eigenvalue weighted by Gasteiger charge is -2.14. The number of aromatic nitrogens is 1. The normalized spacial score (nSPS) is 12.4. The van der Waals surface area contributed by atoms with E-state index >= 15 is 0 Å². The van der Waals surface area contributed by atoms with Crippen LogP contribution in [0.5, 0.6) is 5.75 Å². The summed E-state index contributed by atoms with van der Waals surface area (Å²) < 4.78 is 5.11. The van der Waals surface area contributed by atoms with E-state index in [1.165, 1.54) is 0 Å². The summed E-state index contributed by atoms with van der Waals surface area (Å²) in [5, 5.41) is 1.98. The van der Waals surface area contributed by atoms with E-state index < -0.39 is 0 Å². The number of hydrogen-bond donors (Lipinski definition) is 2. The minimum absolute atomic E-state index is 0.0721. The van der Waals surface area contributed by atoms with Crippen LogP contribution >= 0.6 is 11.3 Å². The van der Waals surface area contributed by atoms with Crippen molar-refractivity contribution in [3.8, 4) is 5.75 Å². The highest BCUT2D eigenvalue weighted by atomic mass is 32.1. The molecule has 0 spiro atoms. The molecule has 2 aromatic rings. The lowest BCUT2D eigenvalue weighted by molar-refractivity contribution is 0.414. The first kappa shape index (κ1) is 11.1. The number of nitrogens with two attached hydrogens (primary N) is 1. The standard InChI is InChI=1S/C11H13N3OS/c1-15-9-4-2-8(3-5-9)11(14-12)10-6-16-7-13-10/h2-7,11,14H,12H2,1H3. The molecule has 1 aromatic heterocycles. The predicted molar refractivity (Wildman–Crippen MR) is 64.3 cm³/mol. The Labute approximate surface area is 98.1 Å². The first-order chi connectivity index (χ1) is 7.85. The Morgan fingerprint density at radius 2 is 2.12 bits per heavy atom. The molecule has 0 fully saturated rings. The molecule has 84 valence electrons. The van der Waals surface area contributed by atoms with Gasteiger partial charge in [0.05, 0.1) is 24.4 Å². The second-order valence-corrected chi connectivity index (χ2v) is 4.00. The van der Waals surface area contributed by atoms with Crippen molar-refractivity contribution in [1.82, 2.24) is 10.4 Å². The van der Waals surface area contributed by atoms with Gasteiger partial charge in [0, 0.05) is 5.38 Å². The minimum atomic E-state index is -0.0721. The molecule has 4 nitrogen and oxygen atoms in total. The maximum absolute atomic E-state index is 5.55. The summed E-state index contributed by atoms with van der Waals surface area (Å²) in [5.41, 5.74) is 6.55. The van der Waals surface area contributed by atoms with Crippen LogP contribution in [0.15, 0.2) is 35.2 Å². The Kier molecular flexibility index (Phi) is 3.51. The van der Waals surface area contributed by atoms with Crippen molar-refractivity contribution >= 4 is 11.3 Å². The molecule has 5 heteroatoms. The predicted octanol–water partition coefficient (Wildman–Crippen LogP) is 1.70. The van der Waals surface area contributed by atoms with E-state index in [2.05, 4.69) is 10.4 Å². The number of ether oxygens (including phenoxy) is 1. The van der Waals surface area contributed by atoms with Crippen molar-refractivity contribution in [2.45, 2.75) is 6.04 Å². The van der Waals surface area contributed by atoms with Crippen LogP contribution in [0.1, 0.15) is 17.3 Å². The van der Waals surface area contributed by atoms with E-state index in [4.69, 9.17) is 10.6 Å². The molecule has 1 heterocycles. The fourth-order valence-corrected chi connectivity index (χ4v) is 2.09. The number of hydrogen-bond acceptors (Lipinski definition) is 5. The minimum Gasteiger partial charge on any atom is -0.497 e. The average molecular weight is 235 g/mol. The summed E-state index contributed by atoms with van der Waals surface area (Å²) in [6.07, 6.45) is 0. The van der Waals surface area contributed by atoms with Crippen LogP contribution in [0, 0.1) is 0 Å². The zero-order valence-corrected chi connectivity index (χ0v) is 9.70. The second-order valence-electron chi connectivity index (χ2n) is 3.29. The topological polar surface area (TPSA) is 60.2 Å². The second kappa shape index (κ2) is 5.07. The fourth-order valence-electron chi connectivity index (χ4n) is 1.51. The zero-order valence-electron chi connectivity index (χ0n) is 8.88. The largest absolute Gasteiger partial charge is 0.497 e. The molecule has 0 saturated carbocycles. The van der Waals surface area contributed by atoms with Crippen LogP contribution in [0.4, 0.5) is 0 Å². The highest BCUT2D eigenvalue weighted by Gasteiger charge is 2.13. The van der Waals surface area contributed by atoms with Crippen molar-refractivity contribution in [1.29, 1.82) is 0 Å². The van der Waals surface area contributed by atoms with Gasteiger partial charge in [-0.1, -0.05) is 12.1 Å². The lowest BCUT2D eigenvalue weighted by atomic mass is 10.1. The summed E-state index contributed by atoms with van der Waals surface area (Å²) in [4.78, 5) is 4.25. The molecule has 0 amide bonds. The van der Waals surface area contributed by atoms with Crippen molar-refractivity contribution in [2.75, 3.05) is 7.11 Å². The third kappa shape index (κ3) is 2.21. The van der Waals surface area contributed by atoms with Gasteiger partial charge in [0.2, 0.25) is 0 Å². The number of nitrogens with zero attached hydrogens (tertiary/aromatic N) is 1. The smallest absolute Gasteiger partial charge is 0.118 e. The first-order valence-corrected chi connectivity index (χ1v) is 5.77. The first-order valence-electron chi connectivity index (χ1n) is 4.83. The molecule has 0 bridgehead atoms. The zero-order chi connectivity index (χ0) is 11.4. The van der Waals surface area contributed by atoms with Gasteiger partial charge in [-0.3, -0.25) is 5.84 Å². The number of benzene rings is 1. The van der Waals surface area contributed by atoms with Crippen LogP contribution in [0.3, 0.4) is 0 Å². The molecule has 1 unspecified atom stereocenters. The quantitative estimate of drug-likeness (QED) is 0.625. The van der Waals surface area contributed by atoms with Crippen molar-refractivity contribution in [2.24, 2.45) is 5.84 Å². The molecule has 0 saturated heterocycles. The lowest BCUT2D eigenvalue weighted by Crippen LogP contribution is -2.29. The van der Waals surface area contributed by atoms with Crippen molar-refractivity contribution in [3.05, 3.63) is 46.4 Å². The van der Waals surface area contributed by atoms with Crippen LogP contribution in [0.2, 0.25) is 0 Å². The van der Waals surface area contributed by atoms with Gasteiger partial charge in [0.25, 0.3) is 0 Å². The Balaban J connectivity index is 2.27. The molecule has 2 rings (SSSR count). The third-order valence-electron chi connectivity index (χ3n) is 2.36. The van der Waals surface area contributed by atoms with Gasteiger partial charge in [-0.15, -0.1) is 11.3 Å². The average Bonchev–Trinajstić information content (AvgIpc) is 2.85. The van der Waals surface area contributed by atoms with E-state index in [1.807, 2.05) is 29.6 Å². The molecule has 16 heavy (non-hydrogen) atoms. The van der Waals surface area contributed by atoms with Gasteiger partial charge >= 0.3 is 0 Å². The number of rotatable bonds is 4. The third-order valence-corrected chi connectivity index (χ3v) is 2.97. The van der Waals surface area contributed by atoms with Gasteiger partial charge in [-0.05, 0) is 17.7 Å². The summed E-state index contributed by atoms with van der Waals surface area (Å²) >= 11 is 1.55. The van der Waals surface area contributed by atoms with Crippen LogP contribution in [-0.2, 0) is 0 Å². The van der Waals surface area contributed by atoms with Gasteiger partial charge in [-0.2, -0.15) is 0 Å². The monoisotopic (exact) mass is 235 g/mol. The van der Waals surface area contributed by atoms with Crippen molar-refractivity contribution < 1.29 is 4.74 Å². The van der Waals surface area contributed by atoms with Crippen LogP contribution in [-0.4, -0.2) is 12.1 Å². The highest BCUT2D eigenvalue weighted by Crippen LogP contribution is 2.23. The van der Waals surface area contributed by atoms with Gasteiger partial charge in [0.15, 0.2) is 0 Å². The Morgan fingerprint density at radius 1 is 1.38 bits per heavy atom. The number of nitrogens with one attached hydrogen (secondary N) is 1. The molecule has 3 N–H and O–H groups in total. The Hall–Kier alpha value is -1.43. The summed E-state index contributed by atoms with van der Waals surface area (Å²) in [6, 6.07) is 7.70. The SMILES string of the molecule is COc1ccc(C(NN)c2cscn2)cc1. The molecule has 0 aliphatic rings.